The summed E-state index contributed by atoms with van der Waals surface area (Å²) in [7, 11) is 2.10. The van der Waals surface area contributed by atoms with Crippen LogP contribution < -0.4 is 5.73 Å². The van der Waals surface area contributed by atoms with Gasteiger partial charge in [0.2, 0.25) is 0 Å². The summed E-state index contributed by atoms with van der Waals surface area (Å²) in [6.45, 7) is 8.04. The Balaban J connectivity index is 2.42. The Morgan fingerprint density at radius 1 is 1.56 bits per heavy atom. The lowest BCUT2D eigenvalue weighted by atomic mass is 10.0. The average molecular weight is 230 g/mol. The van der Waals surface area contributed by atoms with E-state index in [9.17, 15) is 0 Å². The highest BCUT2D eigenvalue weighted by Gasteiger charge is 2.30. The molecule has 1 rings (SSSR count). The zero-order chi connectivity index (χ0) is 12.0. The van der Waals surface area contributed by atoms with Gasteiger partial charge < -0.3 is 15.2 Å². The van der Waals surface area contributed by atoms with Crippen molar-refractivity contribution in [2.24, 2.45) is 5.73 Å². The third-order valence-corrected chi connectivity index (χ3v) is 3.48. The van der Waals surface area contributed by atoms with Gasteiger partial charge in [-0.2, -0.15) is 0 Å². The van der Waals surface area contributed by atoms with Gasteiger partial charge in [0.05, 0.1) is 18.2 Å². The molecule has 1 fully saturated rings. The molecule has 0 aliphatic carbocycles. The Morgan fingerprint density at radius 3 is 2.81 bits per heavy atom. The molecule has 0 amide bonds. The lowest BCUT2D eigenvalue weighted by Gasteiger charge is -2.38. The summed E-state index contributed by atoms with van der Waals surface area (Å²) < 4.78 is 11.2. The fraction of sp³-hybridized carbons (Fsp3) is 1.00. The van der Waals surface area contributed by atoms with Crippen LogP contribution in [0.2, 0.25) is 0 Å². The van der Waals surface area contributed by atoms with Gasteiger partial charge in [-0.3, -0.25) is 4.90 Å². The van der Waals surface area contributed by atoms with E-state index in [4.69, 9.17) is 15.2 Å². The zero-order valence-electron chi connectivity index (χ0n) is 10.9. The number of hydrogen-bond acceptors (Lipinski definition) is 4. The van der Waals surface area contributed by atoms with Gasteiger partial charge in [-0.25, -0.2) is 0 Å². The summed E-state index contributed by atoms with van der Waals surface area (Å²) in [6.07, 6.45) is 2.72. The second-order valence-corrected chi connectivity index (χ2v) is 4.85. The predicted molar refractivity (Wildman–Crippen MR) is 65.6 cm³/mol. The van der Waals surface area contributed by atoms with Crippen LogP contribution in [0.15, 0.2) is 0 Å². The summed E-state index contributed by atoms with van der Waals surface area (Å²) in [5.74, 6) is 0. The van der Waals surface area contributed by atoms with Crippen molar-refractivity contribution in [3.63, 3.8) is 0 Å². The molecule has 96 valence electrons. The molecule has 1 heterocycles. The number of hydrogen-bond donors (Lipinski definition) is 1. The molecule has 2 N–H and O–H groups in total. The maximum atomic E-state index is 5.86. The largest absolute Gasteiger partial charge is 0.380 e. The van der Waals surface area contributed by atoms with Crippen molar-refractivity contribution in [1.29, 1.82) is 0 Å². The average Bonchev–Trinajstić information content (AvgIpc) is 2.78. The smallest absolute Gasteiger partial charge is 0.0702 e. The number of likely N-dealkylation sites (N-methyl/N-ethyl adjacent to an activating group) is 1. The van der Waals surface area contributed by atoms with Gasteiger partial charge in [0.1, 0.15) is 0 Å². The van der Waals surface area contributed by atoms with Crippen molar-refractivity contribution in [3.8, 4) is 0 Å². The highest BCUT2D eigenvalue weighted by Crippen LogP contribution is 2.18. The molecule has 0 aromatic rings. The summed E-state index contributed by atoms with van der Waals surface area (Å²) in [6, 6.07) is 0. The molecule has 2 atom stereocenters. The minimum Gasteiger partial charge on any atom is -0.380 e. The molecule has 4 heteroatoms. The topological polar surface area (TPSA) is 47.7 Å². The van der Waals surface area contributed by atoms with Crippen LogP contribution in [0, 0.1) is 0 Å². The first-order valence-corrected chi connectivity index (χ1v) is 6.23. The molecule has 4 nitrogen and oxygen atoms in total. The van der Waals surface area contributed by atoms with Crippen molar-refractivity contribution in [3.05, 3.63) is 0 Å². The summed E-state index contributed by atoms with van der Waals surface area (Å²) in [5, 5.41) is 0. The van der Waals surface area contributed by atoms with Crippen molar-refractivity contribution >= 4 is 0 Å². The molecule has 2 unspecified atom stereocenters. The van der Waals surface area contributed by atoms with Crippen LogP contribution in [0.5, 0.6) is 0 Å². The summed E-state index contributed by atoms with van der Waals surface area (Å²) >= 11 is 0. The zero-order valence-corrected chi connectivity index (χ0v) is 10.9. The molecule has 0 bridgehead atoms. The molecular formula is C12H26N2O2. The van der Waals surface area contributed by atoms with E-state index < -0.39 is 0 Å². The van der Waals surface area contributed by atoms with E-state index in [1.54, 1.807) is 0 Å². The van der Waals surface area contributed by atoms with Crippen molar-refractivity contribution in [1.82, 2.24) is 4.90 Å². The molecule has 16 heavy (non-hydrogen) atoms. The van der Waals surface area contributed by atoms with Gasteiger partial charge >= 0.3 is 0 Å². The number of rotatable bonds is 7. The maximum absolute atomic E-state index is 5.86. The van der Waals surface area contributed by atoms with E-state index in [1.165, 1.54) is 12.8 Å². The van der Waals surface area contributed by atoms with Crippen LogP contribution in [-0.4, -0.2) is 56.5 Å². The highest BCUT2D eigenvalue weighted by atomic mass is 16.5. The Labute approximate surface area is 99.1 Å². The van der Waals surface area contributed by atoms with E-state index >= 15 is 0 Å². The van der Waals surface area contributed by atoms with Gasteiger partial charge in [-0.1, -0.05) is 0 Å². The van der Waals surface area contributed by atoms with E-state index in [0.717, 1.165) is 19.8 Å². The highest BCUT2D eigenvalue weighted by molar-refractivity contribution is 4.87. The Bertz CT molecular complexity index is 195. The molecule has 0 aromatic heterocycles. The van der Waals surface area contributed by atoms with Crippen LogP contribution in [0.4, 0.5) is 0 Å². The van der Waals surface area contributed by atoms with Gasteiger partial charge in [0, 0.05) is 26.3 Å². The van der Waals surface area contributed by atoms with E-state index in [1.807, 2.05) is 6.92 Å². The van der Waals surface area contributed by atoms with Gasteiger partial charge in [0.15, 0.2) is 0 Å². The molecule has 1 aliphatic rings. The second kappa shape index (κ2) is 6.55. The lowest BCUT2D eigenvalue weighted by Crippen LogP contribution is -2.55. The molecule has 0 saturated carbocycles. The number of nitrogens with zero attached hydrogens (tertiary/aromatic N) is 1. The van der Waals surface area contributed by atoms with Crippen molar-refractivity contribution < 1.29 is 9.47 Å². The molecule has 1 saturated heterocycles. The Morgan fingerprint density at radius 2 is 2.31 bits per heavy atom. The summed E-state index contributed by atoms with van der Waals surface area (Å²) in [5.41, 5.74) is 5.78. The third-order valence-electron chi connectivity index (χ3n) is 3.48. The fourth-order valence-electron chi connectivity index (χ4n) is 1.96. The predicted octanol–water partition coefficient (Wildman–Crippen LogP) is 0.851. The number of ether oxygens (including phenoxy) is 2. The van der Waals surface area contributed by atoms with Gasteiger partial charge in [-0.15, -0.1) is 0 Å². The Hall–Kier alpha value is -0.160. The molecule has 0 radical (unpaired) electrons. The number of nitrogens with two attached hydrogens (primary N) is 1. The first-order valence-electron chi connectivity index (χ1n) is 6.23. The van der Waals surface area contributed by atoms with Crippen LogP contribution in [-0.2, 0) is 9.47 Å². The van der Waals surface area contributed by atoms with Crippen molar-refractivity contribution in [2.45, 2.75) is 38.3 Å². The lowest BCUT2D eigenvalue weighted by molar-refractivity contribution is -0.00452. The minimum absolute atomic E-state index is 0.0814. The van der Waals surface area contributed by atoms with Crippen LogP contribution >= 0.6 is 0 Å². The van der Waals surface area contributed by atoms with Crippen LogP contribution in [0.25, 0.3) is 0 Å². The fourth-order valence-corrected chi connectivity index (χ4v) is 1.96. The molecule has 1 aliphatic heterocycles. The quantitative estimate of drug-likeness (QED) is 0.704. The first-order chi connectivity index (χ1) is 7.62. The third kappa shape index (κ3) is 3.70. The second-order valence-electron chi connectivity index (χ2n) is 4.85. The Kier molecular flexibility index (Phi) is 5.69. The van der Waals surface area contributed by atoms with Gasteiger partial charge in [-0.05, 0) is 33.7 Å². The van der Waals surface area contributed by atoms with Crippen molar-refractivity contribution in [2.75, 3.05) is 40.0 Å². The van der Waals surface area contributed by atoms with E-state index in [2.05, 4.69) is 18.9 Å². The normalized spacial score (nSPS) is 24.9. The van der Waals surface area contributed by atoms with E-state index in [0.29, 0.717) is 19.3 Å². The standard InChI is InChI=1S/C12H26N2O2/c1-4-15-10-12(2,9-13)14(3)8-11-6-5-7-16-11/h11H,4-10,13H2,1-3H3. The summed E-state index contributed by atoms with van der Waals surface area (Å²) in [4.78, 5) is 2.28. The first kappa shape index (κ1) is 13.9. The SMILES string of the molecule is CCOCC(C)(CN)N(C)CC1CCCO1. The van der Waals surface area contributed by atoms with Crippen LogP contribution in [0.3, 0.4) is 0 Å². The monoisotopic (exact) mass is 230 g/mol. The van der Waals surface area contributed by atoms with Gasteiger partial charge in [0.25, 0.3) is 0 Å². The van der Waals surface area contributed by atoms with E-state index in [-0.39, 0.29) is 5.54 Å². The molecule has 0 aromatic carbocycles. The van der Waals surface area contributed by atoms with Crippen LogP contribution in [0.1, 0.15) is 26.7 Å². The molecular weight excluding hydrogens is 204 g/mol. The minimum atomic E-state index is -0.0814. The molecule has 0 spiro atoms. The maximum Gasteiger partial charge on any atom is 0.0702 e.